The first-order valence-corrected chi connectivity index (χ1v) is 10.8. The van der Waals surface area contributed by atoms with Crippen molar-refractivity contribution in [3.63, 3.8) is 0 Å². The van der Waals surface area contributed by atoms with E-state index in [2.05, 4.69) is 20.7 Å². The fourth-order valence-corrected chi connectivity index (χ4v) is 4.21. The molecule has 3 aromatic heterocycles. The Morgan fingerprint density at radius 2 is 1.97 bits per heavy atom. The number of carbonyl (C=O) groups is 2. The zero-order valence-corrected chi connectivity index (χ0v) is 18.1. The summed E-state index contributed by atoms with van der Waals surface area (Å²) in [5, 5.41) is 10.8. The van der Waals surface area contributed by atoms with Crippen molar-refractivity contribution in [1.29, 1.82) is 0 Å². The smallest absolute Gasteiger partial charge is 0.255 e. The second-order valence-electron chi connectivity index (χ2n) is 8.57. The average Bonchev–Trinajstić information content (AvgIpc) is 3.19. The van der Waals surface area contributed by atoms with Gasteiger partial charge in [0.25, 0.3) is 5.91 Å². The number of amides is 2. The quantitative estimate of drug-likeness (QED) is 0.547. The maximum Gasteiger partial charge on any atom is 0.255 e. The summed E-state index contributed by atoms with van der Waals surface area (Å²) in [4.78, 5) is 28.3. The van der Waals surface area contributed by atoms with Crippen LogP contribution in [-0.4, -0.2) is 38.5 Å². The van der Waals surface area contributed by atoms with Crippen LogP contribution in [0.25, 0.3) is 16.6 Å². The fraction of sp³-hybridized carbons (Fsp3) is 0.391. The van der Waals surface area contributed by atoms with Crippen LogP contribution >= 0.6 is 0 Å². The number of pyridine rings is 1. The number of rotatable bonds is 6. The van der Waals surface area contributed by atoms with Crippen LogP contribution in [0.1, 0.15) is 49.9 Å². The van der Waals surface area contributed by atoms with Gasteiger partial charge in [0.1, 0.15) is 5.82 Å². The topological polar surface area (TPSA) is 114 Å². The summed E-state index contributed by atoms with van der Waals surface area (Å²) in [6, 6.07) is 3.46. The highest BCUT2D eigenvalue weighted by Crippen LogP contribution is 2.30. The molecule has 1 fully saturated rings. The van der Waals surface area contributed by atoms with Crippen LogP contribution in [0.5, 0.6) is 0 Å². The third-order valence-electron chi connectivity index (χ3n) is 5.86. The van der Waals surface area contributed by atoms with Crippen molar-refractivity contribution in [3.05, 3.63) is 48.3 Å². The normalized spacial score (nSPS) is 18.6. The first-order valence-electron chi connectivity index (χ1n) is 10.8. The number of nitrogens with zero attached hydrogens (tertiary/aromatic N) is 3. The number of primary amides is 1. The lowest BCUT2D eigenvalue weighted by Crippen LogP contribution is -2.40. The summed E-state index contributed by atoms with van der Waals surface area (Å²) in [6.07, 6.45) is 8.72. The van der Waals surface area contributed by atoms with Gasteiger partial charge < -0.3 is 16.4 Å². The van der Waals surface area contributed by atoms with E-state index in [1.807, 2.05) is 19.9 Å². The van der Waals surface area contributed by atoms with E-state index < -0.39 is 5.82 Å². The van der Waals surface area contributed by atoms with Gasteiger partial charge in [-0.3, -0.25) is 14.6 Å². The number of carbonyl (C=O) groups excluding carboxylic acids is 2. The summed E-state index contributed by atoms with van der Waals surface area (Å²) in [5.41, 5.74) is 8.20. The van der Waals surface area contributed by atoms with Crippen molar-refractivity contribution in [2.75, 3.05) is 5.32 Å². The molecule has 0 bridgehead atoms. The molecule has 4 N–H and O–H groups in total. The Bertz CT molecular complexity index is 1150. The molecule has 4 rings (SSSR count). The minimum Gasteiger partial charge on any atom is -0.380 e. The molecule has 0 spiro atoms. The molecule has 1 saturated carbocycles. The zero-order valence-electron chi connectivity index (χ0n) is 18.1. The van der Waals surface area contributed by atoms with Gasteiger partial charge in [0.05, 0.1) is 29.2 Å². The summed E-state index contributed by atoms with van der Waals surface area (Å²) in [7, 11) is 0. The molecule has 0 unspecified atom stereocenters. The lowest BCUT2D eigenvalue weighted by Gasteiger charge is -2.27. The van der Waals surface area contributed by atoms with E-state index in [0.717, 1.165) is 0 Å². The molecule has 1 aliphatic rings. The van der Waals surface area contributed by atoms with Gasteiger partial charge in [0.2, 0.25) is 5.91 Å². The molecule has 1 aliphatic carbocycles. The van der Waals surface area contributed by atoms with Crippen LogP contribution < -0.4 is 16.4 Å². The molecule has 0 radical (unpaired) electrons. The van der Waals surface area contributed by atoms with Gasteiger partial charge >= 0.3 is 0 Å². The molecule has 3 heterocycles. The Kier molecular flexibility index (Phi) is 6.07. The number of hydrogen-bond acceptors (Lipinski definition) is 5. The standard InChI is InChI=1S/C23H27FN6O2/c1-13(2)28-21-18(23(32)29-16-5-3-14(4-6-16)22(25)31)10-27-30-12-15(9-20(21)30)17-7-8-26-11-19(17)24/h7-14,16,28H,3-6H2,1-2H3,(H2,25,31)(H,29,32). The number of anilines is 1. The van der Waals surface area contributed by atoms with Crippen molar-refractivity contribution >= 4 is 23.0 Å². The van der Waals surface area contributed by atoms with Crippen LogP contribution in [0, 0.1) is 11.7 Å². The average molecular weight is 439 g/mol. The number of hydrogen-bond donors (Lipinski definition) is 3. The first-order chi connectivity index (χ1) is 15.3. The number of fused-ring (bicyclic) bond motifs is 1. The van der Waals surface area contributed by atoms with Gasteiger partial charge in [0.15, 0.2) is 0 Å². The van der Waals surface area contributed by atoms with Gasteiger partial charge in [-0.15, -0.1) is 0 Å². The summed E-state index contributed by atoms with van der Waals surface area (Å²) in [5.74, 6) is -1.05. The molecule has 3 aromatic rings. The molecular weight excluding hydrogens is 411 g/mol. The minimum absolute atomic E-state index is 0.0190. The minimum atomic E-state index is -0.425. The lowest BCUT2D eigenvalue weighted by molar-refractivity contribution is -0.122. The third kappa shape index (κ3) is 4.42. The third-order valence-corrected chi connectivity index (χ3v) is 5.86. The van der Waals surface area contributed by atoms with Crippen LogP contribution in [0.15, 0.2) is 36.9 Å². The van der Waals surface area contributed by atoms with E-state index in [4.69, 9.17) is 5.73 Å². The number of aromatic nitrogens is 3. The molecule has 2 amide bonds. The van der Waals surface area contributed by atoms with E-state index >= 15 is 0 Å². The maximum absolute atomic E-state index is 14.3. The van der Waals surface area contributed by atoms with Crippen LogP contribution in [0.4, 0.5) is 10.1 Å². The maximum atomic E-state index is 14.3. The van der Waals surface area contributed by atoms with Gasteiger partial charge in [-0.05, 0) is 51.7 Å². The number of nitrogens with two attached hydrogens (primary N) is 1. The summed E-state index contributed by atoms with van der Waals surface area (Å²) >= 11 is 0. The molecule has 168 valence electrons. The Hall–Kier alpha value is -3.49. The molecule has 0 aliphatic heterocycles. The second kappa shape index (κ2) is 8.94. The Labute approximate surface area is 185 Å². The van der Waals surface area contributed by atoms with E-state index in [1.165, 1.54) is 18.6 Å². The molecule has 0 atom stereocenters. The molecule has 9 heteroatoms. The highest BCUT2D eigenvalue weighted by molar-refractivity contribution is 6.03. The van der Waals surface area contributed by atoms with E-state index in [9.17, 15) is 14.0 Å². The van der Waals surface area contributed by atoms with Crippen molar-refractivity contribution in [3.8, 4) is 11.1 Å². The Balaban J connectivity index is 1.64. The Morgan fingerprint density at radius 1 is 1.22 bits per heavy atom. The largest absolute Gasteiger partial charge is 0.380 e. The highest BCUT2D eigenvalue weighted by Gasteiger charge is 2.27. The van der Waals surface area contributed by atoms with Crippen LogP contribution in [0.3, 0.4) is 0 Å². The monoisotopic (exact) mass is 438 g/mol. The van der Waals surface area contributed by atoms with E-state index in [1.54, 1.807) is 16.8 Å². The fourth-order valence-electron chi connectivity index (χ4n) is 4.21. The second-order valence-corrected chi connectivity index (χ2v) is 8.57. The molecular formula is C23H27FN6O2. The van der Waals surface area contributed by atoms with Crippen molar-refractivity contribution in [2.24, 2.45) is 11.7 Å². The van der Waals surface area contributed by atoms with Gasteiger partial charge in [0, 0.05) is 41.5 Å². The van der Waals surface area contributed by atoms with E-state index in [0.29, 0.717) is 53.6 Å². The van der Waals surface area contributed by atoms with Gasteiger partial charge in [-0.1, -0.05) is 0 Å². The molecule has 8 nitrogen and oxygen atoms in total. The first kappa shape index (κ1) is 21.7. The molecule has 0 saturated heterocycles. The van der Waals surface area contributed by atoms with Crippen molar-refractivity contribution < 1.29 is 14.0 Å². The summed E-state index contributed by atoms with van der Waals surface area (Å²) in [6.45, 7) is 3.96. The molecule has 32 heavy (non-hydrogen) atoms. The van der Waals surface area contributed by atoms with Gasteiger partial charge in [-0.2, -0.15) is 5.10 Å². The predicted molar refractivity (Wildman–Crippen MR) is 120 cm³/mol. The highest BCUT2D eigenvalue weighted by atomic mass is 19.1. The van der Waals surface area contributed by atoms with Crippen LogP contribution in [-0.2, 0) is 4.79 Å². The lowest BCUT2D eigenvalue weighted by atomic mass is 9.85. The van der Waals surface area contributed by atoms with Crippen molar-refractivity contribution in [1.82, 2.24) is 19.9 Å². The predicted octanol–water partition coefficient (Wildman–Crippen LogP) is 3.13. The summed E-state index contributed by atoms with van der Waals surface area (Å²) < 4.78 is 15.9. The zero-order chi connectivity index (χ0) is 22.8. The van der Waals surface area contributed by atoms with E-state index in [-0.39, 0.29) is 29.8 Å². The van der Waals surface area contributed by atoms with Crippen molar-refractivity contribution in [2.45, 2.75) is 51.6 Å². The Morgan fingerprint density at radius 3 is 2.62 bits per heavy atom. The van der Waals surface area contributed by atoms with Gasteiger partial charge in [-0.25, -0.2) is 8.91 Å². The van der Waals surface area contributed by atoms with Crippen LogP contribution in [0.2, 0.25) is 0 Å². The number of nitrogens with one attached hydrogen (secondary N) is 2. The number of halogens is 1. The SMILES string of the molecule is CC(C)Nc1c(C(=O)NC2CCC(C(N)=O)CC2)cnn2cc(-c3ccncc3F)cc12. The molecule has 0 aromatic carbocycles.